The number of hydrogen-bond donors (Lipinski definition) is 0. The lowest BCUT2D eigenvalue weighted by Crippen LogP contribution is -2.24. The summed E-state index contributed by atoms with van der Waals surface area (Å²) in [5.41, 5.74) is 0.195. The number of nitrogens with zero attached hydrogens (tertiary/aromatic N) is 1. The van der Waals surface area contributed by atoms with Gasteiger partial charge < -0.3 is 9.47 Å². The maximum atomic E-state index is 11.6. The first-order chi connectivity index (χ1) is 9.35. The summed E-state index contributed by atoms with van der Waals surface area (Å²) in [4.78, 5) is 11.6. The molecule has 0 bridgehead atoms. The fraction of sp³-hybridized carbons (Fsp3) is 0.500. The Morgan fingerprint density at radius 1 is 1.30 bits per heavy atom. The molecule has 0 heterocycles. The molecule has 2 rings (SSSR count). The van der Waals surface area contributed by atoms with E-state index in [-0.39, 0.29) is 5.97 Å². The van der Waals surface area contributed by atoms with E-state index < -0.39 is 15.1 Å². The Hall–Kier alpha value is -1.56. The molecule has 5 nitrogen and oxygen atoms in total. The predicted molar refractivity (Wildman–Crippen MR) is 77.7 cm³/mol. The third-order valence-corrected chi connectivity index (χ3v) is 3.80. The minimum Gasteiger partial charge on any atom is -0.492 e. The van der Waals surface area contributed by atoms with E-state index in [0.29, 0.717) is 18.0 Å². The molecule has 0 amide bonds. The normalized spacial score (nSPS) is 16.4. The molecule has 1 aromatic carbocycles. The van der Waals surface area contributed by atoms with E-state index in [1.165, 1.54) is 7.11 Å². The quantitative estimate of drug-likeness (QED) is 0.783. The number of carbonyl (C=O) groups is 1. The summed E-state index contributed by atoms with van der Waals surface area (Å²) >= 11 is 0. The molecule has 0 aromatic heterocycles. The van der Waals surface area contributed by atoms with Crippen LogP contribution in [0.25, 0.3) is 0 Å². The van der Waals surface area contributed by atoms with Crippen LogP contribution in [0, 0.1) is 5.41 Å². The molecule has 0 radical (unpaired) electrons. The van der Waals surface area contributed by atoms with E-state index in [9.17, 15) is 9.00 Å². The first-order valence-electron chi connectivity index (χ1n) is 6.33. The summed E-state index contributed by atoms with van der Waals surface area (Å²) in [6, 6.07) is 7.02. The third kappa shape index (κ3) is 3.72. The largest absolute Gasteiger partial charge is 0.492 e. The lowest BCUT2D eigenvalue weighted by atomic mass is 10.1. The van der Waals surface area contributed by atoms with E-state index in [1.54, 1.807) is 36.8 Å². The highest BCUT2D eigenvalue weighted by atomic mass is 32.2. The van der Waals surface area contributed by atoms with Crippen molar-refractivity contribution < 1.29 is 18.5 Å². The molecular formula is C14H19NO4S. The molecule has 6 heteroatoms. The second kappa shape index (κ2) is 5.44. The van der Waals surface area contributed by atoms with Crippen molar-refractivity contribution in [3.8, 4) is 5.75 Å². The van der Waals surface area contributed by atoms with Gasteiger partial charge >= 0.3 is 5.97 Å². The van der Waals surface area contributed by atoms with Gasteiger partial charge in [-0.25, -0.2) is 4.21 Å². The monoisotopic (exact) mass is 297 g/mol. The third-order valence-electron chi connectivity index (χ3n) is 3.15. The number of ether oxygens (including phenoxy) is 2. The molecule has 1 aliphatic rings. The van der Waals surface area contributed by atoms with Crippen LogP contribution in [-0.4, -0.2) is 36.4 Å². The Kier molecular flexibility index (Phi) is 4.04. The molecule has 1 saturated carbocycles. The van der Waals surface area contributed by atoms with Gasteiger partial charge in [-0.3, -0.25) is 4.79 Å². The van der Waals surface area contributed by atoms with Crippen molar-refractivity contribution in [1.82, 2.24) is 0 Å². The fourth-order valence-electron chi connectivity index (χ4n) is 1.85. The van der Waals surface area contributed by atoms with Crippen LogP contribution in [0.5, 0.6) is 5.75 Å². The molecule has 0 spiro atoms. The summed E-state index contributed by atoms with van der Waals surface area (Å²) in [5.74, 6) is 0.457. The minimum absolute atomic E-state index is 0.208. The molecule has 0 N–H and O–H groups in total. The first-order valence-corrected chi connectivity index (χ1v) is 8.66. The van der Waals surface area contributed by atoms with E-state index in [0.717, 1.165) is 12.8 Å². The molecule has 20 heavy (non-hydrogen) atoms. The number of esters is 1. The molecule has 0 saturated heterocycles. The number of methoxy groups -OCH3 is 1. The topological polar surface area (TPSA) is 65.0 Å². The maximum absolute atomic E-state index is 11.6. The van der Waals surface area contributed by atoms with Crippen LogP contribution < -0.4 is 4.74 Å². The lowest BCUT2D eigenvalue weighted by molar-refractivity contribution is -0.148. The highest BCUT2D eigenvalue weighted by Crippen LogP contribution is 2.46. The van der Waals surface area contributed by atoms with Crippen molar-refractivity contribution in [2.45, 2.75) is 12.8 Å². The van der Waals surface area contributed by atoms with Crippen LogP contribution in [0.3, 0.4) is 0 Å². The zero-order chi connectivity index (χ0) is 14.8. The fourth-order valence-corrected chi connectivity index (χ4v) is 2.48. The van der Waals surface area contributed by atoms with Crippen molar-refractivity contribution >= 4 is 21.4 Å². The molecular weight excluding hydrogens is 278 g/mol. The highest BCUT2D eigenvalue weighted by molar-refractivity contribution is 7.92. The van der Waals surface area contributed by atoms with Gasteiger partial charge in [-0.05, 0) is 37.1 Å². The zero-order valence-corrected chi connectivity index (χ0v) is 12.7. The lowest BCUT2D eigenvalue weighted by Gasteiger charge is -2.13. The van der Waals surface area contributed by atoms with E-state index >= 15 is 0 Å². The zero-order valence-electron chi connectivity index (χ0n) is 11.9. The average molecular weight is 297 g/mol. The van der Waals surface area contributed by atoms with Gasteiger partial charge in [-0.15, -0.1) is 0 Å². The molecule has 1 aromatic rings. The number of hydrogen-bond acceptors (Lipinski definition) is 5. The van der Waals surface area contributed by atoms with Gasteiger partial charge in [0.1, 0.15) is 17.8 Å². The van der Waals surface area contributed by atoms with Gasteiger partial charge in [0.15, 0.2) is 0 Å². The summed E-state index contributed by atoms with van der Waals surface area (Å²) < 4.78 is 26.1. The molecule has 1 fully saturated rings. The Bertz CT molecular complexity index is 603. The first kappa shape index (κ1) is 14.8. The van der Waals surface area contributed by atoms with Crippen molar-refractivity contribution in [1.29, 1.82) is 0 Å². The van der Waals surface area contributed by atoms with Gasteiger partial charge in [0, 0.05) is 22.2 Å². The summed E-state index contributed by atoms with van der Waals surface area (Å²) in [6.07, 6.45) is 4.79. The maximum Gasteiger partial charge on any atom is 0.315 e. The van der Waals surface area contributed by atoms with Gasteiger partial charge in [0.05, 0.1) is 12.8 Å². The van der Waals surface area contributed by atoms with E-state index in [4.69, 9.17) is 9.47 Å². The van der Waals surface area contributed by atoms with Crippen molar-refractivity contribution in [2.24, 2.45) is 9.78 Å². The number of rotatable bonds is 5. The molecule has 110 valence electrons. The van der Waals surface area contributed by atoms with Gasteiger partial charge in [0.25, 0.3) is 0 Å². The van der Waals surface area contributed by atoms with Crippen LogP contribution in [0.4, 0.5) is 5.69 Å². The van der Waals surface area contributed by atoms with Crippen molar-refractivity contribution in [3.63, 3.8) is 0 Å². The second-order valence-electron chi connectivity index (χ2n) is 5.33. The average Bonchev–Trinajstić information content (AvgIpc) is 3.16. The molecule has 0 atom stereocenters. The second-order valence-corrected chi connectivity index (χ2v) is 7.87. The van der Waals surface area contributed by atoms with Crippen LogP contribution in [0.2, 0.25) is 0 Å². The Morgan fingerprint density at radius 2 is 1.90 bits per heavy atom. The van der Waals surface area contributed by atoms with Crippen LogP contribution in [0.1, 0.15) is 12.8 Å². The molecule has 1 aliphatic carbocycles. The summed E-state index contributed by atoms with van der Waals surface area (Å²) in [7, 11) is -0.763. The Labute approximate surface area is 119 Å². The van der Waals surface area contributed by atoms with Crippen LogP contribution >= 0.6 is 0 Å². The molecule has 0 aliphatic heterocycles. The SMILES string of the molecule is COC(=O)C1(COc2ccc(N=S(C)(C)=O)cc2)CC1. The minimum atomic E-state index is -2.16. The van der Waals surface area contributed by atoms with Crippen molar-refractivity contribution in [3.05, 3.63) is 24.3 Å². The van der Waals surface area contributed by atoms with Gasteiger partial charge in [0.2, 0.25) is 0 Å². The van der Waals surface area contributed by atoms with Crippen molar-refractivity contribution in [2.75, 3.05) is 26.2 Å². The van der Waals surface area contributed by atoms with Crippen LogP contribution in [0.15, 0.2) is 28.6 Å². The number of benzene rings is 1. The Balaban J connectivity index is 1.99. The standard InChI is InChI=1S/C14H19NO4S/c1-18-13(16)14(8-9-14)10-19-12-6-4-11(5-7-12)15-20(2,3)17/h4-7H,8-10H2,1-3H3. The molecule has 0 unspecified atom stereocenters. The smallest absolute Gasteiger partial charge is 0.315 e. The summed E-state index contributed by atoms with van der Waals surface area (Å²) in [5, 5.41) is 0. The predicted octanol–water partition coefficient (Wildman–Crippen LogP) is 2.38. The highest BCUT2D eigenvalue weighted by Gasteiger charge is 2.52. The number of carbonyl (C=O) groups excluding carboxylic acids is 1. The van der Waals surface area contributed by atoms with E-state index in [1.807, 2.05) is 0 Å². The summed E-state index contributed by atoms with van der Waals surface area (Å²) in [6.45, 7) is 0.328. The van der Waals surface area contributed by atoms with Gasteiger partial charge in [-0.2, -0.15) is 4.36 Å². The van der Waals surface area contributed by atoms with Gasteiger partial charge in [-0.1, -0.05) is 0 Å². The Morgan fingerprint density at radius 3 is 2.35 bits per heavy atom. The van der Waals surface area contributed by atoms with Crippen LogP contribution in [-0.2, 0) is 19.3 Å². The van der Waals surface area contributed by atoms with E-state index in [2.05, 4.69) is 4.36 Å².